The van der Waals surface area contributed by atoms with Crippen LogP contribution in [0, 0.1) is 6.92 Å². The highest BCUT2D eigenvalue weighted by molar-refractivity contribution is 5.78. The van der Waals surface area contributed by atoms with Crippen molar-refractivity contribution >= 4 is 17.8 Å². The lowest BCUT2D eigenvalue weighted by Crippen LogP contribution is -2.54. The van der Waals surface area contributed by atoms with Gasteiger partial charge in [0.15, 0.2) is 0 Å². The molecule has 0 bridgehead atoms. The standard InChI is InChI=1S/C19H32N6O2/c1-6-13(2)27-12-16(26)23-19-9-7-8-15(19)25(11-10-19)18-21-14(3)20-17(22-18)24(4)5/h13,15H,6-12H2,1-5H3,(H,23,26). The Bertz CT molecular complexity index is 682. The van der Waals surface area contributed by atoms with Crippen LogP contribution in [0.25, 0.3) is 0 Å². The molecule has 1 aromatic heterocycles. The number of hydrogen-bond acceptors (Lipinski definition) is 7. The summed E-state index contributed by atoms with van der Waals surface area (Å²) in [6.07, 6.45) is 5.04. The lowest BCUT2D eigenvalue weighted by Gasteiger charge is -2.33. The molecule has 0 spiro atoms. The Kier molecular flexibility index (Phi) is 5.83. The van der Waals surface area contributed by atoms with Crippen molar-refractivity contribution in [1.29, 1.82) is 0 Å². The van der Waals surface area contributed by atoms with Crippen molar-refractivity contribution in [3.05, 3.63) is 5.82 Å². The first-order valence-corrected chi connectivity index (χ1v) is 9.94. The molecule has 1 saturated carbocycles. The van der Waals surface area contributed by atoms with Crippen LogP contribution in [0.3, 0.4) is 0 Å². The maximum atomic E-state index is 12.5. The maximum Gasteiger partial charge on any atom is 0.246 e. The molecule has 8 nitrogen and oxygen atoms in total. The van der Waals surface area contributed by atoms with Crippen LogP contribution in [-0.2, 0) is 9.53 Å². The fraction of sp³-hybridized carbons (Fsp3) is 0.789. The summed E-state index contributed by atoms with van der Waals surface area (Å²) < 4.78 is 5.61. The zero-order valence-electron chi connectivity index (χ0n) is 17.2. The average molecular weight is 377 g/mol. The summed E-state index contributed by atoms with van der Waals surface area (Å²) >= 11 is 0. The van der Waals surface area contributed by atoms with E-state index < -0.39 is 0 Å². The molecule has 3 rings (SSSR count). The van der Waals surface area contributed by atoms with Crippen LogP contribution in [0.15, 0.2) is 0 Å². The predicted molar refractivity (Wildman–Crippen MR) is 105 cm³/mol. The van der Waals surface area contributed by atoms with Gasteiger partial charge < -0.3 is 19.9 Å². The van der Waals surface area contributed by atoms with E-state index >= 15 is 0 Å². The normalized spacial score (nSPS) is 25.4. The van der Waals surface area contributed by atoms with E-state index in [4.69, 9.17) is 4.74 Å². The lowest BCUT2D eigenvalue weighted by atomic mass is 9.93. The van der Waals surface area contributed by atoms with Crippen molar-refractivity contribution in [1.82, 2.24) is 20.3 Å². The van der Waals surface area contributed by atoms with E-state index in [2.05, 4.69) is 32.1 Å². The third-order valence-electron chi connectivity index (χ3n) is 5.76. The summed E-state index contributed by atoms with van der Waals surface area (Å²) in [5.41, 5.74) is -0.200. The largest absolute Gasteiger partial charge is 0.369 e. The molecule has 0 radical (unpaired) electrons. The second-order valence-corrected chi connectivity index (χ2v) is 7.96. The summed E-state index contributed by atoms with van der Waals surface area (Å²) in [6, 6.07) is 0.224. The summed E-state index contributed by atoms with van der Waals surface area (Å²) in [5, 5.41) is 3.30. The van der Waals surface area contributed by atoms with E-state index in [1.807, 2.05) is 32.8 Å². The van der Waals surface area contributed by atoms with Gasteiger partial charge in [-0.2, -0.15) is 15.0 Å². The number of carbonyl (C=O) groups is 1. The van der Waals surface area contributed by atoms with E-state index in [1.165, 1.54) is 0 Å². The van der Waals surface area contributed by atoms with Crippen molar-refractivity contribution in [2.24, 2.45) is 0 Å². The van der Waals surface area contributed by atoms with Gasteiger partial charge in [0.25, 0.3) is 0 Å². The molecule has 3 atom stereocenters. The first-order valence-electron chi connectivity index (χ1n) is 9.94. The average Bonchev–Trinajstić information content (AvgIpc) is 3.17. The molecule has 2 aliphatic rings. The Morgan fingerprint density at radius 2 is 2.15 bits per heavy atom. The van der Waals surface area contributed by atoms with Crippen LogP contribution in [0.2, 0.25) is 0 Å². The molecule has 8 heteroatoms. The fourth-order valence-corrected chi connectivity index (χ4v) is 4.15. The molecule has 2 fully saturated rings. The van der Waals surface area contributed by atoms with Gasteiger partial charge in [-0.3, -0.25) is 4.79 Å². The quantitative estimate of drug-likeness (QED) is 0.775. The van der Waals surface area contributed by atoms with Crippen LogP contribution in [-0.4, -0.2) is 65.8 Å². The number of aromatic nitrogens is 3. The minimum absolute atomic E-state index is 0.0233. The van der Waals surface area contributed by atoms with Gasteiger partial charge in [-0.15, -0.1) is 0 Å². The molecule has 0 aromatic carbocycles. The van der Waals surface area contributed by atoms with Crippen LogP contribution >= 0.6 is 0 Å². The first kappa shape index (κ1) is 19.8. The van der Waals surface area contributed by atoms with Gasteiger partial charge in [0.1, 0.15) is 12.4 Å². The maximum absolute atomic E-state index is 12.5. The molecule has 3 unspecified atom stereocenters. The second-order valence-electron chi connectivity index (χ2n) is 7.96. The number of ether oxygens (including phenoxy) is 1. The number of fused-ring (bicyclic) bond motifs is 1. The summed E-state index contributed by atoms with van der Waals surface area (Å²) in [7, 11) is 3.86. The molecule has 2 heterocycles. The number of nitrogens with zero attached hydrogens (tertiary/aromatic N) is 5. The number of rotatable bonds is 7. The molecule has 150 valence electrons. The van der Waals surface area contributed by atoms with E-state index in [9.17, 15) is 4.79 Å². The van der Waals surface area contributed by atoms with E-state index in [0.717, 1.165) is 38.6 Å². The third kappa shape index (κ3) is 4.15. The fourth-order valence-electron chi connectivity index (χ4n) is 4.15. The number of anilines is 2. The molecule has 1 aliphatic heterocycles. The van der Waals surface area contributed by atoms with Gasteiger partial charge >= 0.3 is 0 Å². The second kappa shape index (κ2) is 7.96. The van der Waals surface area contributed by atoms with Crippen LogP contribution in [0.4, 0.5) is 11.9 Å². The highest BCUT2D eigenvalue weighted by Gasteiger charge is 2.52. The zero-order chi connectivity index (χ0) is 19.6. The van der Waals surface area contributed by atoms with Gasteiger partial charge in [0.05, 0.1) is 17.7 Å². The van der Waals surface area contributed by atoms with Crippen molar-refractivity contribution in [3.8, 4) is 0 Å². The Balaban J connectivity index is 1.74. The van der Waals surface area contributed by atoms with Crippen LogP contribution in [0.1, 0.15) is 51.8 Å². The Labute approximate surface area is 161 Å². The monoisotopic (exact) mass is 376 g/mol. The van der Waals surface area contributed by atoms with Crippen molar-refractivity contribution in [2.45, 2.75) is 70.6 Å². The number of amides is 1. The number of aryl methyl sites for hydroxylation is 1. The molecule has 1 amide bonds. The minimum Gasteiger partial charge on any atom is -0.369 e. The number of nitrogens with one attached hydrogen (secondary N) is 1. The number of carbonyl (C=O) groups excluding carboxylic acids is 1. The Morgan fingerprint density at radius 3 is 2.85 bits per heavy atom. The van der Waals surface area contributed by atoms with Gasteiger partial charge in [0.2, 0.25) is 17.8 Å². The van der Waals surface area contributed by atoms with E-state index in [-0.39, 0.29) is 30.2 Å². The van der Waals surface area contributed by atoms with Crippen molar-refractivity contribution in [3.63, 3.8) is 0 Å². The SMILES string of the molecule is CCC(C)OCC(=O)NC12CCCC1N(c1nc(C)nc(N(C)C)n1)CC2. The lowest BCUT2D eigenvalue weighted by molar-refractivity contribution is -0.129. The van der Waals surface area contributed by atoms with Crippen LogP contribution < -0.4 is 15.1 Å². The minimum atomic E-state index is -0.200. The predicted octanol–water partition coefficient (Wildman–Crippen LogP) is 1.68. The summed E-state index contributed by atoms with van der Waals surface area (Å²) in [6.45, 7) is 6.91. The first-order chi connectivity index (χ1) is 12.8. The summed E-state index contributed by atoms with van der Waals surface area (Å²) in [5.74, 6) is 2.07. The molecule has 1 aromatic rings. The third-order valence-corrected chi connectivity index (χ3v) is 5.76. The van der Waals surface area contributed by atoms with E-state index in [0.29, 0.717) is 17.7 Å². The highest BCUT2D eigenvalue weighted by Crippen LogP contribution is 2.43. The molecule has 1 aliphatic carbocycles. The van der Waals surface area contributed by atoms with Gasteiger partial charge in [0, 0.05) is 20.6 Å². The van der Waals surface area contributed by atoms with Gasteiger partial charge in [-0.25, -0.2) is 0 Å². The van der Waals surface area contributed by atoms with Gasteiger partial charge in [-0.1, -0.05) is 6.92 Å². The van der Waals surface area contributed by atoms with Crippen molar-refractivity contribution < 1.29 is 9.53 Å². The Hall–Kier alpha value is -1.96. The molecular weight excluding hydrogens is 344 g/mol. The van der Waals surface area contributed by atoms with Crippen LogP contribution in [0.5, 0.6) is 0 Å². The smallest absolute Gasteiger partial charge is 0.246 e. The number of hydrogen-bond donors (Lipinski definition) is 1. The molecule has 1 N–H and O–H groups in total. The molecule has 27 heavy (non-hydrogen) atoms. The van der Waals surface area contributed by atoms with Crippen molar-refractivity contribution in [2.75, 3.05) is 37.0 Å². The Morgan fingerprint density at radius 1 is 1.37 bits per heavy atom. The zero-order valence-corrected chi connectivity index (χ0v) is 17.2. The summed E-state index contributed by atoms with van der Waals surface area (Å²) in [4.78, 5) is 30.3. The molecular formula is C19H32N6O2. The van der Waals surface area contributed by atoms with Gasteiger partial charge in [-0.05, 0) is 46.0 Å². The van der Waals surface area contributed by atoms with E-state index in [1.54, 1.807) is 0 Å². The topological polar surface area (TPSA) is 83.5 Å². The highest BCUT2D eigenvalue weighted by atomic mass is 16.5. The molecule has 1 saturated heterocycles.